The predicted molar refractivity (Wildman–Crippen MR) is 112 cm³/mol. The first kappa shape index (κ1) is 18.9. The topological polar surface area (TPSA) is 54.0 Å². The number of nitrogens with one attached hydrogen (secondary N) is 2. The molecule has 2 N–H and O–H groups in total. The maximum Gasteiger partial charge on any atom is 0.257 e. The highest BCUT2D eigenvalue weighted by atomic mass is 35.5. The van der Waals surface area contributed by atoms with Crippen molar-refractivity contribution in [2.24, 2.45) is 0 Å². The van der Waals surface area contributed by atoms with Gasteiger partial charge in [-0.3, -0.25) is 9.78 Å². The van der Waals surface area contributed by atoms with Crippen molar-refractivity contribution in [2.45, 2.75) is 26.8 Å². The minimum atomic E-state index is -0.173. The first-order chi connectivity index (χ1) is 13.1. The number of carbonyl (C=O) groups is 1. The second kappa shape index (κ2) is 8.69. The molecule has 138 valence electrons. The molecule has 0 atom stereocenters. The van der Waals surface area contributed by atoms with Crippen LogP contribution in [0.5, 0.6) is 0 Å². The number of anilines is 2. The zero-order valence-electron chi connectivity index (χ0n) is 15.4. The summed E-state index contributed by atoms with van der Waals surface area (Å²) in [6, 6.07) is 15.5. The number of aromatic nitrogens is 1. The van der Waals surface area contributed by atoms with E-state index in [9.17, 15) is 4.79 Å². The monoisotopic (exact) mass is 379 g/mol. The minimum absolute atomic E-state index is 0.173. The van der Waals surface area contributed by atoms with E-state index in [0.29, 0.717) is 17.1 Å². The summed E-state index contributed by atoms with van der Waals surface area (Å²) in [4.78, 5) is 16.9. The second-order valence-corrected chi connectivity index (χ2v) is 6.73. The molecule has 1 heterocycles. The summed E-state index contributed by atoms with van der Waals surface area (Å²) < 4.78 is 0. The zero-order chi connectivity index (χ0) is 19.2. The van der Waals surface area contributed by atoms with Gasteiger partial charge in [0.2, 0.25) is 0 Å². The molecule has 0 saturated carbocycles. The number of amides is 1. The van der Waals surface area contributed by atoms with Crippen LogP contribution in [-0.2, 0) is 13.0 Å². The third-order valence-electron chi connectivity index (χ3n) is 4.42. The maximum atomic E-state index is 12.7. The number of aryl methyl sites for hydroxylation is 2. The lowest BCUT2D eigenvalue weighted by Gasteiger charge is -2.13. The molecule has 0 aliphatic heterocycles. The quantitative estimate of drug-likeness (QED) is 0.597. The molecule has 3 aromatic rings. The molecule has 2 aromatic carbocycles. The molecule has 0 saturated heterocycles. The molecular weight excluding hydrogens is 358 g/mol. The van der Waals surface area contributed by atoms with Gasteiger partial charge in [-0.1, -0.05) is 54.9 Å². The van der Waals surface area contributed by atoms with Crippen molar-refractivity contribution >= 4 is 28.9 Å². The first-order valence-corrected chi connectivity index (χ1v) is 9.28. The van der Waals surface area contributed by atoms with Crippen LogP contribution in [0.2, 0.25) is 5.02 Å². The number of benzene rings is 2. The summed E-state index contributed by atoms with van der Waals surface area (Å²) in [5.74, 6) is -0.173. The minimum Gasteiger partial charge on any atom is -0.380 e. The molecule has 0 aliphatic rings. The maximum absolute atomic E-state index is 12.7. The zero-order valence-corrected chi connectivity index (χ0v) is 16.2. The number of rotatable bonds is 6. The van der Waals surface area contributed by atoms with Crippen molar-refractivity contribution in [3.8, 4) is 0 Å². The van der Waals surface area contributed by atoms with Gasteiger partial charge in [-0.2, -0.15) is 0 Å². The molecule has 0 spiro atoms. The average molecular weight is 380 g/mol. The number of carbonyl (C=O) groups excluding carboxylic acids is 1. The lowest BCUT2D eigenvalue weighted by Crippen LogP contribution is -2.15. The molecule has 1 amide bonds. The normalized spacial score (nSPS) is 10.5. The molecule has 0 unspecified atom stereocenters. The molecule has 5 heteroatoms. The first-order valence-electron chi connectivity index (χ1n) is 8.90. The number of para-hydroxylation sites is 1. The number of hydrogen-bond acceptors (Lipinski definition) is 3. The van der Waals surface area contributed by atoms with Crippen molar-refractivity contribution in [3.05, 3.63) is 88.2 Å². The Morgan fingerprint density at radius 3 is 2.63 bits per heavy atom. The Kier molecular flexibility index (Phi) is 6.09. The molecule has 0 fully saturated rings. The molecule has 27 heavy (non-hydrogen) atoms. The molecular formula is C22H22ClN3O. The van der Waals surface area contributed by atoms with Gasteiger partial charge in [0.25, 0.3) is 5.91 Å². The van der Waals surface area contributed by atoms with Crippen LogP contribution in [0.25, 0.3) is 0 Å². The summed E-state index contributed by atoms with van der Waals surface area (Å²) in [5, 5.41) is 7.00. The molecule has 1 aromatic heterocycles. The van der Waals surface area contributed by atoms with Gasteiger partial charge in [0, 0.05) is 29.6 Å². The van der Waals surface area contributed by atoms with Gasteiger partial charge in [0.1, 0.15) is 0 Å². The summed E-state index contributed by atoms with van der Waals surface area (Å²) in [6.07, 6.45) is 4.12. The van der Waals surface area contributed by atoms with Gasteiger partial charge in [-0.15, -0.1) is 0 Å². The van der Waals surface area contributed by atoms with E-state index in [4.69, 9.17) is 11.6 Å². The van der Waals surface area contributed by atoms with Crippen molar-refractivity contribution in [2.75, 3.05) is 10.6 Å². The highest BCUT2D eigenvalue weighted by Crippen LogP contribution is 2.22. The Balaban J connectivity index is 1.73. The number of halogens is 1. The van der Waals surface area contributed by atoms with E-state index in [1.54, 1.807) is 18.5 Å². The van der Waals surface area contributed by atoms with Crippen molar-refractivity contribution in [1.82, 2.24) is 4.98 Å². The Labute approximate surface area is 164 Å². The third-order valence-corrected chi connectivity index (χ3v) is 4.79. The fourth-order valence-electron chi connectivity index (χ4n) is 2.89. The van der Waals surface area contributed by atoms with E-state index in [-0.39, 0.29) is 5.91 Å². The Morgan fingerprint density at radius 1 is 1.07 bits per heavy atom. The van der Waals surface area contributed by atoms with Gasteiger partial charge in [-0.05, 0) is 42.2 Å². The lowest BCUT2D eigenvalue weighted by atomic mass is 10.1. The van der Waals surface area contributed by atoms with Crippen molar-refractivity contribution < 1.29 is 4.79 Å². The van der Waals surface area contributed by atoms with Crippen LogP contribution in [-0.4, -0.2) is 10.9 Å². The fourth-order valence-corrected chi connectivity index (χ4v) is 3.09. The molecule has 4 nitrogen and oxygen atoms in total. The van der Waals surface area contributed by atoms with Crippen molar-refractivity contribution in [1.29, 1.82) is 0 Å². The van der Waals surface area contributed by atoms with E-state index in [1.807, 2.05) is 49.4 Å². The lowest BCUT2D eigenvalue weighted by molar-refractivity contribution is 0.102. The molecule has 0 radical (unpaired) electrons. The summed E-state index contributed by atoms with van der Waals surface area (Å²) in [6.45, 7) is 4.63. The van der Waals surface area contributed by atoms with Gasteiger partial charge >= 0.3 is 0 Å². The number of pyridine rings is 1. The van der Waals surface area contributed by atoms with Crippen LogP contribution in [0, 0.1) is 6.92 Å². The smallest absolute Gasteiger partial charge is 0.257 e. The SMILES string of the molecule is CCc1cccc(C)c1NC(=O)c1cncc(NCc2ccccc2Cl)c1. The van der Waals surface area contributed by atoms with E-state index in [2.05, 4.69) is 22.5 Å². The standard InChI is InChI=1S/C22H22ClN3O/c1-3-16-9-6-7-15(2)21(16)26-22(27)18-11-19(14-24-12-18)25-13-17-8-4-5-10-20(17)23/h4-12,14,25H,3,13H2,1-2H3,(H,26,27). The van der Waals surface area contributed by atoms with E-state index < -0.39 is 0 Å². The highest BCUT2D eigenvalue weighted by molar-refractivity contribution is 6.31. The average Bonchev–Trinajstić information content (AvgIpc) is 2.69. The second-order valence-electron chi connectivity index (χ2n) is 6.32. The van der Waals surface area contributed by atoms with E-state index in [1.165, 1.54) is 0 Å². The Morgan fingerprint density at radius 2 is 1.85 bits per heavy atom. The van der Waals surface area contributed by atoms with Gasteiger partial charge in [0.05, 0.1) is 11.3 Å². The summed E-state index contributed by atoms with van der Waals surface area (Å²) in [7, 11) is 0. The van der Waals surface area contributed by atoms with Crippen LogP contribution >= 0.6 is 11.6 Å². The Bertz CT molecular complexity index is 956. The fraction of sp³-hybridized carbons (Fsp3) is 0.182. The van der Waals surface area contributed by atoms with E-state index in [0.717, 1.165) is 34.5 Å². The summed E-state index contributed by atoms with van der Waals surface area (Å²) in [5.41, 5.74) is 5.29. The molecule has 0 bridgehead atoms. The van der Waals surface area contributed by atoms with E-state index >= 15 is 0 Å². The third kappa shape index (κ3) is 4.66. The van der Waals surface area contributed by atoms with Crippen LogP contribution in [0.4, 0.5) is 11.4 Å². The van der Waals surface area contributed by atoms with Gasteiger partial charge < -0.3 is 10.6 Å². The largest absolute Gasteiger partial charge is 0.380 e. The molecule has 3 rings (SSSR count). The highest BCUT2D eigenvalue weighted by Gasteiger charge is 2.12. The van der Waals surface area contributed by atoms with Gasteiger partial charge in [0.15, 0.2) is 0 Å². The predicted octanol–water partition coefficient (Wildman–Crippen LogP) is 5.47. The van der Waals surface area contributed by atoms with Crippen LogP contribution in [0.15, 0.2) is 60.9 Å². The van der Waals surface area contributed by atoms with Crippen LogP contribution in [0.1, 0.15) is 34.0 Å². The number of nitrogens with zero attached hydrogens (tertiary/aromatic N) is 1. The van der Waals surface area contributed by atoms with Crippen LogP contribution < -0.4 is 10.6 Å². The van der Waals surface area contributed by atoms with Gasteiger partial charge in [-0.25, -0.2) is 0 Å². The molecule has 0 aliphatic carbocycles. The Hall–Kier alpha value is -2.85. The van der Waals surface area contributed by atoms with Crippen molar-refractivity contribution in [3.63, 3.8) is 0 Å². The number of hydrogen-bond donors (Lipinski definition) is 2. The summed E-state index contributed by atoms with van der Waals surface area (Å²) >= 11 is 6.19. The van der Waals surface area contributed by atoms with Crippen LogP contribution in [0.3, 0.4) is 0 Å².